The van der Waals surface area contributed by atoms with Gasteiger partial charge in [0.15, 0.2) is 5.78 Å². The molecular weight excluding hydrogens is 550 g/mol. The molecule has 227 valence electrons. The van der Waals surface area contributed by atoms with Gasteiger partial charge in [0.2, 0.25) is 0 Å². The average molecular weight is 591 g/mol. The number of esters is 1. The number of hydrogen-bond acceptors (Lipinski definition) is 5. The highest BCUT2D eigenvalue weighted by atomic mass is 16.6. The molecule has 1 radical (unpaired) electrons. The standard InChI is InChI=1S/C38H40NO5/c1-8-35(40)30-17-19-33(27(4)21-30)34-22-32(18-14-25(34)2)39(37(42)44-38(5,6)7)23-28-15-16-31(26(3)20-28)24-43-36(41)29-12-10-9-11-13-29/h9-22H,3,8,23-24H2,1-2,4-7H3. The van der Waals surface area contributed by atoms with Crippen LogP contribution in [0.5, 0.6) is 0 Å². The van der Waals surface area contributed by atoms with Crippen molar-refractivity contribution in [2.24, 2.45) is 0 Å². The Balaban J connectivity index is 1.62. The van der Waals surface area contributed by atoms with Crippen LogP contribution in [0.4, 0.5) is 10.5 Å². The predicted molar refractivity (Wildman–Crippen MR) is 175 cm³/mol. The van der Waals surface area contributed by atoms with Crippen LogP contribution in [0.1, 0.15) is 82.6 Å². The zero-order valence-electron chi connectivity index (χ0n) is 26.4. The summed E-state index contributed by atoms with van der Waals surface area (Å²) in [6, 6.07) is 26.2. The molecule has 0 bridgehead atoms. The van der Waals surface area contributed by atoms with E-state index < -0.39 is 17.7 Å². The zero-order valence-corrected chi connectivity index (χ0v) is 26.4. The number of benzene rings is 4. The number of carbonyl (C=O) groups is 3. The van der Waals surface area contributed by atoms with E-state index in [2.05, 4.69) is 6.92 Å². The SMILES string of the molecule is [CH2]c1cc(CN(C(=O)OC(C)(C)C)c2ccc(C)c(-c3ccc(C(=O)CC)cc3C)c2)ccc1COC(=O)c1ccccc1. The van der Waals surface area contributed by atoms with Crippen molar-refractivity contribution in [3.63, 3.8) is 0 Å². The molecule has 0 saturated carbocycles. The van der Waals surface area contributed by atoms with Crippen molar-refractivity contribution in [2.75, 3.05) is 4.90 Å². The summed E-state index contributed by atoms with van der Waals surface area (Å²) in [4.78, 5) is 39.9. The van der Waals surface area contributed by atoms with Gasteiger partial charge in [-0.15, -0.1) is 0 Å². The van der Waals surface area contributed by atoms with Crippen molar-refractivity contribution in [2.45, 2.75) is 66.7 Å². The summed E-state index contributed by atoms with van der Waals surface area (Å²) >= 11 is 0. The Morgan fingerprint density at radius 2 is 1.52 bits per heavy atom. The molecule has 1 amide bonds. The molecule has 4 rings (SSSR count). The van der Waals surface area contributed by atoms with Gasteiger partial charge in [0.1, 0.15) is 12.2 Å². The highest BCUT2D eigenvalue weighted by Crippen LogP contribution is 2.33. The molecule has 0 saturated heterocycles. The fourth-order valence-corrected chi connectivity index (χ4v) is 4.89. The number of rotatable bonds is 9. The van der Waals surface area contributed by atoms with Crippen LogP contribution in [0.15, 0.2) is 84.9 Å². The average Bonchev–Trinajstić information content (AvgIpc) is 2.99. The van der Waals surface area contributed by atoms with Gasteiger partial charge in [0.05, 0.1) is 12.1 Å². The number of amides is 1. The first-order valence-corrected chi connectivity index (χ1v) is 14.8. The molecule has 6 heteroatoms. The van der Waals surface area contributed by atoms with Crippen molar-refractivity contribution in [3.8, 4) is 11.1 Å². The molecule has 44 heavy (non-hydrogen) atoms. The second-order valence-electron chi connectivity index (χ2n) is 11.9. The highest BCUT2D eigenvalue weighted by Gasteiger charge is 2.25. The van der Waals surface area contributed by atoms with Crippen molar-refractivity contribution >= 4 is 23.5 Å². The lowest BCUT2D eigenvalue weighted by atomic mass is 9.93. The summed E-state index contributed by atoms with van der Waals surface area (Å²) in [5.74, 6) is -0.298. The largest absolute Gasteiger partial charge is 0.457 e. The lowest BCUT2D eigenvalue weighted by molar-refractivity contribution is 0.0471. The van der Waals surface area contributed by atoms with Crippen LogP contribution in [0.3, 0.4) is 0 Å². The Labute approximate surface area is 260 Å². The molecule has 6 nitrogen and oxygen atoms in total. The minimum absolute atomic E-state index is 0.0892. The van der Waals surface area contributed by atoms with E-state index in [1.165, 1.54) is 0 Å². The second-order valence-corrected chi connectivity index (χ2v) is 11.9. The van der Waals surface area contributed by atoms with E-state index in [4.69, 9.17) is 9.47 Å². The summed E-state index contributed by atoms with van der Waals surface area (Å²) in [5.41, 5.74) is 7.50. The minimum Gasteiger partial charge on any atom is -0.457 e. The van der Waals surface area contributed by atoms with E-state index in [0.29, 0.717) is 28.8 Å². The van der Waals surface area contributed by atoms with Crippen molar-refractivity contribution in [3.05, 3.63) is 131 Å². The zero-order chi connectivity index (χ0) is 32.0. The third-order valence-corrected chi connectivity index (χ3v) is 7.29. The molecule has 0 N–H and O–H groups in total. The van der Waals surface area contributed by atoms with Gasteiger partial charge in [-0.2, -0.15) is 0 Å². The number of anilines is 1. The van der Waals surface area contributed by atoms with Crippen LogP contribution < -0.4 is 4.90 Å². The van der Waals surface area contributed by atoms with Gasteiger partial charge in [-0.05, 0) is 111 Å². The highest BCUT2D eigenvalue weighted by molar-refractivity contribution is 5.97. The Morgan fingerprint density at radius 1 is 0.795 bits per heavy atom. The minimum atomic E-state index is -0.689. The van der Waals surface area contributed by atoms with Gasteiger partial charge >= 0.3 is 12.1 Å². The fraction of sp³-hybridized carbons (Fsp3) is 0.263. The molecule has 0 aliphatic carbocycles. The topological polar surface area (TPSA) is 72.9 Å². The van der Waals surface area contributed by atoms with E-state index in [1.54, 1.807) is 29.2 Å². The molecule has 0 aliphatic heterocycles. The number of nitrogens with zero attached hydrogens (tertiary/aromatic N) is 1. The van der Waals surface area contributed by atoms with E-state index in [-0.39, 0.29) is 18.9 Å². The van der Waals surface area contributed by atoms with Gasteiger partial charge in [0.25, 0.3) is 0 Å². The van der Waals surface area contributed by atoms with E-state index in [0.717, 1.165) is 33.4 Å². The normalized spacial score (nSPS) is 11.2. The van der Waals surface area contributed by atoms with Crippen LogP contribution in [-0.4, -0.2) is 23.4 Å². The number of Topliss-reactive ketones (excluding diaryl/α,β-unsaturated/α-hetero) is 1. The maximum absolute atomic E-state index is 13.6. The molecule has 0 aromatic heterocycles. The molecule has 4 aromatic rings. The first kappa shape index (κ1) is 32.2. The summed E-state index contributed by atoms with van der Waals surface area (Å²) in [6.45, 7) is 15.9. The fourth-order valence-electron chi connectivity index (χ4n) is 4.89. The Kier molecular flexibility index (Phi) is 10.0. The Bertz CT molecular complexity index is 1670. The molecular formula is C38H40NO5. The van der Waals surface area contributed by atoms with E-state index in [9.17, 15) is 14.4 Å². The summed E-state index contributed by atoms with van der Waals surface area (Å²) in [5, 5.41) is 0. The molecule has 0 aliphatic rings. The number of ketones is 1. The number of carbonyl (C=O) groups excluding carboxylic acids is 3. The first-order chi connectivity index (χ1) is 20.9. The predicted octanol–water partition coefficient (Wildman–Crippen LogP) is 9.04. The summed E-state index contributed by atoms with van der Waals surface area (Å²) < 4.78 is 11.3. The third-order valence-electron chi connectivity index (χ3n) is 7.29. The van der Waals surface area contributed by atoms with Gasteiger partial charge in [-0.3, -0.25) is 9.69 Å². The summed E-state index contributed by atoms with van der Waals surface area (Å²) in [7, 11) is 0. The Morgan fingerprint density at radius 3 is 2.16 bits per heavy atom. The van der Waals surface area contributed by atoms with E-state index >= 15 is 0 Å². The van der Waals surface area contributed by atoms with Crippen LogP contribution in [-0.2, 0) is 22.6 Å². The molecule has 0 spiro atoms. The number of hydrogen-bond donors (Lipinski definition) is 0. The monoisotopic (exact) mass is 590 g/mol. The van der Waals surface area contributed by atoms with Gasteiger partial charge in [0, 0.05) is 17.7 Å². The molecule has 4 aromatic carbocycles. The third kappa shape index (κ3) is 8.01. The summed E-state index contributed by atoms with van der Waals surface area (Å²) in [6.07, 6.45) is -0.0214. The van der Waals surface area contributed by atoms with Crippen LogP contribution in [0.2, 0.25) is 0 Å². The first-order valence-electron chi connectivity index (χ1n) is 14.8. The lowest BCUT2D eigenvalue weighted by Gasteiger charge is -2.28. The smallest absolute Gasteiger partial charge is 0.415 e. The van der Waals surface area contributed by atoms with E-state index in [1.807, 2.05) is 102 Å². The van der Waals surface area contributed by atoms with Crippen LogP contribution in [0, 0.1) is 20.8 Å². The molecule has 0 heterocycles. The molecule has 0 atom stereocenters. The van der Waals surface area contributed by atoms with Gasteiger partial charge in [-0.25, -0.2) is 9.59 Å². The molecule has 0 unspecified atom stereocenters. The number of ether oxygens (including phenoxy) is 2. The van der Waals surface area contributed by atoms with Crippen molar-refractivity contribution in [1.82, 2.24) is 0 Å². The van der Waals surface area contributed by atoms with Gasteiger partial charge in [-0.1, -0.05) is 61.5 Å². The van der Waals surface area contributed by atoms with Crippen molar-refractivity contribution < 1.29 is 23.9 Å². The second kappa shape index (κ2) is 13.7. The molecule has 0 fully saturated rings. The maximum atomic E-state index is 13.6. The van der Waals surface area contributed by atoms with Crippen molar-refractivity contribution in [1.29, 1.82) is 0 Å². The maximum Gasteiger partial charge on any atom is 0.415 e. The van der Waals surface area contributed by atoms with Gasteiger partial charge < -0.3 is 9.47 Å². The van der Waals surface area contributed by atoms with Crippen LogP contribution in [0.25, 0.3) is 11.1 Å². The lowest BCUT2D eigenvalue weighted by Crippen LogP contribution is -2.36. The number of aryl methyl sites for hydroxylation is 2. The Hall–Kier alpha value is -4.71. The van der Waals surface area contributed by atoms with Crippen LogP contribution >= 0.6 is 0 Å². The quantitative estimate of drug-likeness (QED) is 0.144.